The molecule has 0 unspecified atom stereocenters. The van der Waals surface area contributed by atoms with Crippen LogP contribution in [0.4, 0.5) is 5.82 Å². The lowest BCUT2D eigenvalue weighted by molar-refractivity contribution is -0.118. The van der Waals surface area contributed by atoms with Crippen molar-refractivity contribution in [3.63, 3.8) is 0 Å². The van der Waals surface area contributed by atoms with Gasteiger partial charge >= 0.3 is 0 Å². The van der Waals surface area contributed by atoms with Crippen molar-refractivity contribution in [2.45, 2.75) is 24.5 Å². The zero-order chi connectivity index (χ0) is 18.5. The lowest BCUT2D eigenvalue weighted by atomic mass is 10.00. The highest BCUT2D eigenvalue weighted by atomic mass is 32.2. The minimum absolute atomic E-state index is 0.0603. The number of aromatic nitrogens is 2. The molecule has 1 amide bonds. The van der Waals surface area contributed by atoms with Gasteiger partial charge in [0.25, 0.3) is 0 Å². The first-order valence-corrected chi connectivity index (χ1v) is 9.84. The van der Waals surface area contributed by atoms with Gasteiger partial charge in [-0.15, -0.1) is 10.2 Å². The number of fused-ring (bicyclic) bond motifs is 1. The number of hydrogen-bond acceptors (Lipinski definition) is 6. The Kier molecular flexibility index (Phi) is 5.39. The molecule has 6 nitrogen and oxygen atoms in total. The Balaban J connectivity index is 1.28. The van der Waals surface area contributed by atoms with Crippen LogP contribution in [0.15, 0.2) is 64.2 Å². The summed E-state index contributed by atoms with van der Waals surface area (Å²) in [6.45, 7) is 2.19. The highest BCUT2D eigenvalue weighted by molar-refractivity contribution is 7.99. The molecule has 1 N–H and O–H groups in total. The fourth-order valence-electron chi connectivity index (χ4n) is 3.04. The lowest BCUT2D eigenvalue weighted by Gasteiger charge is -2.29. The van der Waals surface area contributed by atoms with Crippen LogP contribution in [0.25, 0.3) is 0 Å². The number of amides is 1. The molecule has 3 heterocycles. The van der Waals surface area contributed by atoms with Gasteiger partial charge in [0.2, 0.25) is 5.91 Å². The highest BCUT2D eigenvalue weighted by Crippen LogP contribution is 2.23. The molecule has 0 fully saturated rings. The molecule has 1 aliphatic heterocycles. The molecule has 1 aromatic carbocycles. The molecule has 2 aromatic heterocycles. The maximum Gasteiger partial charge on any atom is 0.230 e. The molecular formula is C20H20N4O2S. The molecule has 0 radical (unpaired) electrons. The summed E-state index contributed by atoms with van der Waals surface area (Å²) in [5, 5.41) is 12.2. The summed E-state index contributed by atoms with van der Waals surface area (Å²) < 4.78 is 5.19. The van der Waals surface area contributed by atoms with E-state index in [0.29, 0.717) is 12.3 Å². The van der Waals surface area contributed by atoms with Gasteiger partial charge in [-0.1, -0.05) is 36.0 Å². The Hall–Kier alpha value is -2.80. The number of carbonyl (C=O) groups is 1. The molecule has 3 aromatic rings. The number of thioether (sulfide) groups is 1. The van der Waals surface area contributed by atoms with Gasteiger partial charge in [-0.2, -0.15) is 0 Å². The molecule has 0 aliphatic carbocycles. The molecule has 27 heavy (non-hydrogen) atoms. The molecule has 0 atom stereocenters. The second-order valence-corrected chi connectivity index (χ2v) is 7.31. The summed E-state index contributed by atoms with van der Waals surface area (Å²) in [6.07, 6.45) is 2.61. The van der Waals surface area contributed by atoms with E-state index >= 15 is 0 Å². The molecule has 7 heteroatoms. The third kappa shape index (κ3) is 4.49. The van der Waals surface area contributed by atoms with E-state index in [1.165, 1.54) is 22.9 Å². The highest BCUT2D eigenvalue weighted by Gasteiger charge is 2.17. The van der Waals surface area contributed by atoms with Gasteiger partial charge in [0, 0.05) is 13.1 Å². The average Bonchev–Trinajstić information content (AvgIpc) is 3.24. The van der Waals surface area contributed by atoms with Crippen molar-refractivity contribution in [1.82, 2.24) is 15.5 Å². The minimum Gasteiger partial charge on any atom is -0.467 e. The van der Waals surface area contributed by atoms with Gasteiger partial charge in [-0.3, -0.25) is 4.79 Å². The second-order valence-electron chi connectivity index (χ2n) is 6.31. The fourth-order valence-corrected chi connectivity index (χ4v) is 3.68. The Morgan fingerprint density at radius 1 is 1.11 bits per heavy atom. The Labute approximate surface area is 162 Å². The third-order valence-corrected chi connectivity index (χ3v) is 5.39. The van der Waals surface area contributed by atoms with Gasteiger partial charge in [0.1, 0.15) is 10.8 Å². The summed E-state index contributed by atoms with van der Waals surface area (Å²) in [4.78, 5) is 14.1. The van der Waals surface area contributed by atoms with Gasteiger partial charge < -0.3 is 14.6 Å². The number of anilines is 1. The molecule has 138 valence electrons. The first-order chi connectivity index (χ1) is 13.3. The van der Waals surface area contributed by atoms with Crippen LogP contribution in [0.3, 0.4) is 0 Å². The van der Waals surface area contributed by atoms with E-state index in [2.05, 4.69) is 44.7 Å². The zero-order valence-electron chi connectivity index (χ0n) is 14.8. The predicted molar refractivity (Wildman–Crippen MR) is 105 cm³/mol. The first-order valence-electron chi connectivity index (χ1n) is 8.85. The number of nitrogens with one attached hydrogen (secondary N) is 1. The van der Waals surface area contributed by atoms with Crippen molar-refractivity contribution in [2.24, 2.45) is 0 Å². The van der Waals surface area contributed by atoms with Crippen LogP contribution in [-0.2, 0) is 24.3 Å². The van der Waals surface area contributed by atoms with Crippen LogP contribution in [0.5, 0.6) is 0 Å². The van der Waals surface area contributed by atoms with Gasteiger partial charge in [0.15, 0.2) is 5.82 Å². The topological polar surface area (TPSA) is 71.3 Å². The standard InChI is InChI=1S/C20H20N4O2S/c25-19(21-12-17-6-3-11-26-17)14-27-20-8-7-18(22-23-20)24-10-9-15-4-1-2-5-16(15)13-24/h1-8,11H,9-10,12-14H2,(H,21,25). The molecule has 1 aliphatic rings. The van der Waals surface area contributed by atoms with E-state index in [1.807, 2.05) is 18.2 Å². The Morgan fingerprint density at radius 3 is 2.78 bits per heavy atom. The molecule has 0 saturated carbocycles. The van der Waals surface area contributed by atoms with E-state index in [-0.39, 0.29) is 5.91 Å². The van der Waals surface area contributed by atoms with Crippen LogP contribution in [0.1, 0.15) is 16.9 Å². The van der Waals surface area contributed by atoms with Crippen LogP contribution < -0.4 is 10.2 Å². The van der Waals surface area contributed by atoms with E-state index in [9.17, 15) is 4.79 Å². The van der Waals surface area contributed by atoms with E-state index in [1.54, 1.807) is 12.3 Å². The largest absolute Gasteiger partial charge is 0.467 e. The van der Waals surface area contributed by atoms with Crippen LogP contribution in [0, 0.1) is 0 Å². The number of rotatable bonds is 6. The average molecular weight is 380 g/mol. The second kappa shape index (κ2) is 8.26. The third-order valence-electron chi connectivity index (χ3n) is 4.47. The Bertz CT molecular complexity index is 897. The monoisotopic (exact) mass is 380 g/mol. The molecule has 0 bridgehead atoms. The number of hydrogen-bond donors (Lipinski definition) is 1. The minimum atomic E-state index is -0.0603. The summed E-state index contributed by atoms with van der Waals surface area (Å²) in [5.41, 5.74) is 2.76. The fraction of sp³-hybridized carbons (Fsp3) is 0.250. The molecular weight excluding hydrogens is 360 g/mol. The van der Waals surface area contributed by atoms with Crippen molar-refractivity contribution in [1.29, 1.82) is 0 Å². The van der Waals surface area contributed by atoms with E-state index in [0.717, 1.165) is 36.1 Å². The number of benzene rings is 1. The quantitative estimate of drug-likeness (QED) is 0.663. The van der Waals surface area contributed by atoms with Gasteiger partial charge in [0.05, 0.1) is 18.6 Å². The van der Waals surface area contributed by atoms with Gasteiger partial charge in [-0.05, 0) is 41.8 Å². The van der Waals surface area contributed by atoms with Crippen LogP contribution in [-0.4, -0.2) is 28.4 Å². The predicted octanol–water partition coefficient (Wildman–Crippen LogP) is 3.04. The summed E-state index contributed by atoms with van der Waals surface area (Å²) in [5.74, 6) is 1.85. The Morgan fingerprint density at radius 2 is 2.00 bits per heavy atom. The number of furan rings is 1. The number of carbonyl (C=O) groups excluding carboxylic acids is 1. The van der Waals surface area contributed by atoms with E-state index in [4.69, 9.17) is 4.42 Å². The zero-order valence-corrected chi connectivity index (χ0v) is 15.6. The van der Waals surface area contributed by atoms with E-state index < -0.39 is 0 Å². The van der Waals surface area contributed by atoms with Crippen LogP contribution in [0.2, 0.25) is 0 Å². The normalized spacial score (nSPS) is 13.3. The number of nitrogens with zero attached hydrogens (tertiary/aromatic N) is 3. The maximum atomic E-state index is 11.9. The smallest absolute Gasteiger partial charge is 0.230 e. The van der Waals surface area contributed by atoms with Crippen molar-refractivity contribution in [3.8, 4) is 0 Å². The summed E-state index contributed by atoms with van der Waals surface area (Å²) in [6, 6.07) is 16.0. The van der Waals surface area contributed by atoms with Crippen molar-refractivity contribution >= 4 is 23.5 Å². The van der Waals surface area contributed by atoms with Crippen molar-refractivity contribution in [2.75, 3.05) is 17.2 Å². The summed E-state index contributed by atoms with van der Waals surface area (Å²) >= 11 is 1.37. The summed E-state index contributed by atoms with van der Waals surface area (Å²) in [7, 11) is 0. The van der Waals surface area contributed by atoms with Crippen LogP contribution >= 0.6 is 11.8 Å². The molecule has 0 saturated heterocycles. The molecule has 4 rings (SSSR count). The first kappa shape index (κ1) is 17.6. The lowest BCUT2D eigenvalue weighted by Crippen LogP contribution is -2.31. The SMILES string of the molecule is O=C(CSc1ccc(N2CCc3ccccc3C2)nn1)NCc1ccco1. The maximum absolute atomic E-state index is 11.9. The van der Waals surface area contributed by atoms with Crippen molar-refractivity contribution in [3.05, 3.63) is 71.7 Å². The van der Waals surface area contributed by atoms with Gasteiger partial charge in [-0.25, -0.2) is 0 Å². The van der Waals surface area contributed by atoms with Crippen molar-refractivity contribution < 1.29 is 9.21 Å². The molecule has 0 spiro atoms.